The lowest BCUT2D eigenvalue weighted by molar-refractivity contribution is -0.127. The van der Waals surface area contributed by atoms with E-state index in [4.69, 9.17) is 0 Å². The van der Waals surface area contributed by atoms with Gasteiger partial charge in [-0.3, -0.25) is 4.79 Å². The number of carbonyl (C=O) groups is 1. The van der Waals surface area contributed by atoms with Crippen molar-refractivity contribution in [3.63, 3.8) is 0 Å². The van der Waals surface area contributed by atoms with Crippen molar-refractivity contribution in [2.45, 2.75) is 32.7 Å². The second-order valence-electron chi connectivity index (χ2n) is 6.18. The van der Waals surface area contributed by atoms with Crippen LogP contribution in [0.25, 0.3) is 0 Å². The summed E-state index contributed by atoms with van der Waals surface area (Å²) >= 11 is 0. The van der Waals surface area contributed by atoms with E-state index in [1.165, 1.54) is 18.6 Å². The van der Waals surface area contributed by atoms with Crippen LogP contribution in [0.15, 0.2) is 24.3 Å². The highest BCUT2D eigenvalue weighted by Gasteiger charge is 2.27. The molecule has 1 fully saturated rings. The fraction of sp³-hybridized carbons (Fsp3) is 0.562. The van der Waals surface area contributed by atoms with E-state index >= 15 is 0 Å². The molecule has 1 saturated heterocycles. The van der Waals surface area contributed by atoms with Gasteiger partial charge in [0.2, 0.25) is 5.91 Å². The van der Waals surface area contributed by atoms with Gasteiger partial charge in [0, 0.05) is 12.5 Å². The minimum atomic E-state index is -0.567. The predicted molar refractivity (Wildman–Crippen MR) is 77.8 cm³/mol. The van der Waals surface area contributed by atoms with Crippen molar-refractivity contribution in [3.05, 3.63) is 35.6 Å². The van der Waals surface area contributed by atoms with E-state index in [1.54, 1.807) is 6.07 Å². The van der Waals surface area contributed by atoms with Crippen molar-refractivity contribution in [3.8, 4) is 0 Å². The van der Waals surface area contributed by atoms with Crippen LogP contribution in [-0.2, 0) is 10.3 Å². The van der Waals surface area contributed by atoms with Crippen molar-refractivity contribution in [2.75, 3.05) is 19.6 Å². The summed E-state index contributed by atoms with van der Waals surface area (Å²) in [5.41, 5.74) is 0.213. The molecule has 0 unspecified atom stereocenters. The normalized spacial score (nSPS) is 17.4. The maximum absolute atomic E-state index is 13.3. The Morgan fingerprint density at radius 2 is 2.15 bits per heavy atom. The maximum atomic E-state index is 13.3. The van der Waals surface area contributed by atoms with Crippen LogP contribution in [0.4, 0.5) is 4.39 Å². The Morgan fingerprint density at radius 3 is 2.70 bits per heavy atom. The van der Waals surface area contributed by atoms with Gasteiger partial charge in [0.1, 0.15) is 5.82 Å². The van der Waals surface area contributed by atoms with Gasteiger partial charge in [-0.2, -0.15) is 0 Å². The molecule has 1 N–H and O–H groups in total. The SMILES string of the molecule is C[C@@H](CN1CCC1)C(=O)NC(C)(C)c1cccc(F)c1. The Labute approximate surface area is 120 Å². The molecule has 2 rings (SSSR count). The summed E-state index contributed by atoms with van der Waals surface area (Å²) in [7, 11) is 0. The third-order valence-electron chi connectivity index (χ3n) is 3.91. The van der Waals surface area contributed by atoms with Crippen molar-refractivity contribution < 1.29 is 9.18 Å². The molecule has 1 aromatic rings. The van der Waals surface area contributed by atoms with Crippen LogP contribution in [0, 0.1) is 11.7 Å². The van der Waals surface area contributed by atoms with Gasteiger partial charge >= 0.3 is 0 Å². The Hall–Kier alpha value is -1.42. The first-order valence-electron chi connectivity index (χ1n) is 7.19. The van der Waals surface area contributed by atoms with Crippen molar-refractivity contribution in [1.29, 1.82) is 0 Å². The Kier molecular flexibility index (Phi) is 4.43. The molecule has 1 aliphatic rings. The minimum absolute atomic E-state index is 0.0196. The summed E-state index contributed by atoms with van der Waals surface area (Å²) in [5, 5.41) is 3.02. The van der Waals surface area contributed by atoms with Crippen LogP contribution in [0.1, 0.15) is 32.8 Å². The van der Waals surface area contributed by atoms with Crippen molar-refractivity contribution in [1.82, 2.24) is 10.2 Å². The molecule has 3 nitrogen and oxygen atoms in total. The number of rotatable bonds is 5. The van der Waals surface area contributed by atoms with Gasteiger partial charge in [0.05, 0.1) is 5.54 Å². The third kappa shape index (κ3) is 3.57. The Bertz CT molecular complexity index is 483. The lowest BCUT2D eigenvalue weighted by Gasteiger charge is -2.34. The first-order chi connectivity index (χ1) is 9.38. The molecule has 0 aromatic heterocycles. The van der Waals surface area contributed by atoms with Gasteiger partial charge in [-0.1, -0.05) is 19.1 Å². The number of likely N-dealkylation sites (tertiary alicyclic amines) is 1. The smallest absolute Gasteiger partial charge is 0.224 e. The summed E-state index contributed by atoms with van der Waals surface area (Å²) in [6, 6.07) is 6.39. The standard InChI is InChI=1S/C16H23FN2O/c1-12(11-19-8-5-9-19)15(20)18-16(2,3)13-6-4-7-14(17)10-13/h4,6-7,10,12H,5,8-9,11H2,1-3H3,(H,18,20)/t12-/m0/s1. The van der Waals surface area contributed by atoms with E-state index < -0.39 is 5.54 Å². The largest absolute Gasteiger partial charge is 0.347 e. The highest BCUT2D eigenvalue weighted by Crippen LogP contribution is 2.21. The second-order valence-corrected chi connectivity index (χ2v) is 6.18. The van der Waals surface area contributed by atoms with E-state index in [1.807, 2.05) is 26.8 Å². The molecule has 0 bridgehead atoms. The number of halogens is 1. The molecule has 1 heterocycles. The summed E-state index contributed by atoms with van der Waals surface area (Å²) < 4.78 is 13.3. The quantitative estimate of drug-likeness (QED) is 0.897. The number of nitrogens with one attached hydrogen (secondary N) is 1. The fourth-order valence-corrected chi connectivity index (χ4v) is 2.42. The van der Waals surface area contributed by atoms with Gasteiger partial charge in [-0.25, -0.2) is 4.39 Å². The lowest BCUT2D eigenvalue weighted by Crippen LogP contribution is -2.48. The summed E-state index contributed by atoms with van der Waals surface area (Å²) in [5.74, 6) is -0.312. The Balaban J connectivity index is 1.97. The predicted octanol–water partition coefficient (Wildman–Crippen LogP) is 2.52. The number of nitrogens with zero attached hydrogens (tertiary/aromatic N) is 1. The molecule has 4 heteroatoms. The van der Waals surface area contributed by atoms with E-state index in [2.05, 4.69) is 10.2 Å². The maximum Gasteiger partial charge on any atom is 0.224 e. The zero-order chi connectivity index (χ0) is 14.8. The second kappa shape index (κ2) is 5.92. The van der Waals surface area contributed by atoms with Crippen LogP contribution < -0.4 is 5.32 Å². The molecule has 110 valence electrons. The van der Waals surface area contributed by atoms with Gasteiger partial charge in [-0.05, 0) is 51.1 Å². The fourth-order valence-electron chi connectivity index (χ4n) is 2.42. The van der Waals surface area contributed by atoms with Crippen LogP contribution in [0.5, 0.6) is 0 Å². The first-order valence-corrected chi connectivity index (χ1v) is 7.19. The lowest BCUT2D eigenvalue weighted by atomic mass is 9.93. The molecule has 1 amide bonds. The van der Waals surface area contributed by atoms with Crippen LogP contribution in [0.2, 0.25) is 0 Å². The minimum Gasteiger partial charge on any atom is -0.347 e. The average Bonchev–Trinajstić information content (AvgIpc) is 2.33. The number of hydrogen-bond acceptors (Lipinski definition) is 2. The third-order valence-corrected chi connectivity index (χ3v) is 3.91. The van der Waals surface area contributed by atoms with Crippen LogP contribution >= 0.6 is 0 Å². The molecule has 0 saturated carbocycles. The molecular weight excluding hydrogens is 255 g/mol. The summed E-state index contributed by atoms with van der Waals surface area (Å²) in [4.78, 5) is 14.5. The first kappa shape index (κ1) is 15.0. The van der Waals surface area contributed by atoms with E-state index in [0.717, 1.165) is 25.2 Å². The van der Waals surface area contributed by atoms with Crippen molar-refractivity contribution in [2.24, 2.45) is 5.92 Å². The van der Waals surface area contributed by atoms with E-state index in [0.29, 0.717) is 0 Å². The monoisotopic (exact) mass is 278 g/mol. The highest BCUT2D eigenvalue weighted by molar-refractivity contribution is 5.79. The summed E-state index contributed by atoms with van der Waals surface area (Å²) in [6.07, 6.45) is 1.23. The molecular formula is C16H23FN2O. The molecule has 1 aliphatic heterocycles. The van der Waals surface area contributed by atoms with E-state index in [-0.39, 0.29) is 17.6 Å². The zero-order valence-electron chi connectivity index (χ0n) is 12.4. The molecule has 1 aromatic carbocycles. The molecule has 20 heavy (non-hydrogen) atoms. The van der Waals surface area contributed by atoms with Crippen molar-refractivity contribution >= 4 is 5.91 Å². The molecule has 0 spiro atoms. The number of amides is 1. The number of hydrogen-bond donors (Lipinski definition) is 1. The summed E-state index contributed by atoms with van der Waals surface area (Å²) in [6.45, 7) is 8.71. The number of carbonyl (C=O) groups excluding carboxylic acids is 1. The van der Waals surface area contributed by atoms with Gasteiger partial charge in [0.15, 0.2) is 0 Å². The van der Waals surface area contributed by atoms with Gasteiger partial charge in [-0.15, -0.1) is 0 Å². The highest BCUT2D eigenvalue weighted by atomic mass is 19.1. The van der Waals surface area contributed by atoms with Gasteiger partial charge in [0.25, 0.3) is 0 Å². The molecule has 0 radical (unpaired) electrons. The molecule has 1 atom stereocenters. The topological polar surface area (TPSA) is 32.3 Å². The van der Waals surface area contributed by atoms with Crippen LogP contribution in [-0.4, -0.2) is 30.4 Å². The Morgan fingerprint density at radius 1 is 1.45 bits per heavy atom. The number of benzene rings is 1. The zero-order valence-corrected chi connectivity index (χ0v) is 12.4. The molecule has 0 aliphatic carbocycles. The van der Waals surface area contributed by atoms with Gasteiger partial charge < -0.3 is 10.2 Å². The van der Waals surface area contributed by atoms with Crippen LogP contribution in [0.3, 0.4) is 0 Å². The van der Waals surface area contributed by atoms with E-state index in [9.17, 15) is 9.18 Å². The average molecular weight is 278 g/mol.